The Morgan fingerprint density at radius 3 is 2.61 bits per heavy atom. The van der Waals surface area contributed by atoms with Crippen LogP contribution in [0.1, 0.15) is 21.5 Å². The summed E-state index contributed by atoms with van der Waals surface area (Å²) < 4.78 is 27.2. The van der Waals surface area contributed by atoms with Crippen molar-refractivity contribution in [2.45, 2.75) is 11.1 Å². The van der Waals surface area contributed by atoms with Gasteiger partial charge in [-0.15, -0.1) is 11.3 Å². The van der Waals surface area contributed by atoms with Gasteiger partial charge in [-0.25, -0.2) is 13.8 Å². The number of nitrogens with zero attached hydrogens (tertiary/aromatic N) is 2. The van der Waals surface area contributed by atoms with Crippen molar-refractivity contribution in [2.75, 3.05) is 4.72 Å². The van der Waals surface area contributed by atoms with Gasteiger partial charge in [0, 0.05) is 28.4 Å². The summed E-state index contributed by atoms with van der Waals surface area (Å²) in [4.78, 5) is 16.7. The summed E-state index contributed by atoms with van der Waals surface area (Å²) in [5.41, 5.74) is 6.00. The molecule has 0 bridgehead atoms. The average molecular weight is 451 g/mol. The Kier molecular flexibility index (Phi) is 5.79. The summed E-state index contributed by atoms with van der Waals surface area (Å²) in [6.07, 6.45) is 3.31. The molecule has 2 N–H and O–H groups in total. The van der Waals surface area contributed by atoms with E-state index in [-0.39, 0.29) is 4.21 Å². The first kappa shape index (κ1) is 20.7. The molecule has 0 aliphatic carbocycles. The minimum atomic E-state index is -3.63. The minimum Gasteiger partial charge on any atom is -0.279 e. The Hall–Kier alpha value is -3.56. The molecule has 0 aliphatic rings. The molecule has 31 heavy (non-hydrogen) atoms. The lowest BCUT2D eigenvalue weighted by atomic mass is 10.1. The second-order valence-electron chi connectivity index (χ2n) is 6.69. The van der Waals surface area contributed by atoms with Gasteiger partial charge < -0.3 is 0 Å². The highest BCUT2D eigenvalue weighted by Gasteiger charge is 2.15. The number of pyridine rings is 1. The first-order valence-corrected chi connectivity index (χ1v) is 11.6. The molecule has 0 saturated heterocycles. The molecule has 0 saturated carbocycles. The van der Waals surface area contributed by atoms with Crippen molar-refractivity contribution in [2.24, 2.45) is 5.10 Å². The third-order valence-corrected chi connectivity index (χ3v) is 7.31. The molecule has 0 radical (unpaired) electrons. The van der Waals surface area contributed by atoms with E-state index in [0.717, 1.165) is 33.4 Å². The molecule has 0 atom stereocenters. The fourth-order valence-electron chi connectivity index (χ4n) is 2.99. The SMILES string of the molecule is Cc1ccc(/C=N/NC(=O)c2ccc(NS(=O)(=O)c3cccs3)cc2)c2cccnc12. The van der Waals surface area contributed by atoms with Gasteiger partial charge in [-0.2, -0.15) is 5.10 Å². The molecular weight excluding hydrogens is 432 g/mol. The number of sulfonamides is 1. The van der Waals surface area contributed by atoms with Crippen molar-refractivity contribution in [1.82, 2.24) is 10.4 Å². The summed E-state index contributed by atoms with van der Waals surface area (Å²) >= 11 is 1.13. The number of thiophene rings is 1. The van der Waals surface area contributed by atoms with Crippen molar-refractivity contribution in [3.8, 4) is 0 Å². The van der Waals surface area contributed by atoms with Crippen LogP contribution in [-0.2, 0) is 10.0 Å². The van der Waals surface area contributed by atoms with Crippen LogP contribution in [-0.4, -0.2) is 25.5 Å². The van der Waals surface area contributed by atoms with Gasteiger partial charge in [-0.1, -0.05) is 24.3 Å². The summed E-state index contributed by atoms with van der Waals surface area (Å²) in [6, 6.07) is 17.0. The second-order valence-corrected chi connectivity index (χ2v) is 9.54. The molecule has 0 spiro atoms. The number of hydrogen-bond donors (Lipinski definition) is 2. The Bertz CT molecular complexity index is 1360. The van der Waals surface area contributed by atoms with Crippen molar-refractivity contribution >= 4 is 50.1 Å². The zero-order chi connectivity index (χ0) is 21.8. The lowest BCUT2D eigenvalue weighted by molar-refractivity contribution is 0.0955. The summed E-state index contributed by atoms with van der Waals surface area (Å²) in [6.45, 7) is 1.99. The Labute approximate surface area is 183 Å². The molecule has 4 aromatic rings. The maximum absolute atomic E-state index is 12.4. The highest BCUT2D eigenvalue weighted by molar-refractivity contribution is 7.94. The van der Waals surface area contributed by atoms with E-state index in [1.807, 2.05) is 31.2 Å². The lowest BCUT2D eigenvalue weighted by Gasteiger charge is -2.07. The second kappa shape index (κ2) is 8.66. The van der Waals surface area contributed by atoms with Gasteiger partial charge in [0.1, 0.15) is 4.21 Å². The number of benzene rings is 2. The van der Waals surface area contributed by atoms with Crippen molar-refractivity contribution in [3.05, 3.63) is 88.9 Å². The Balaban J connectivity index is 1.43. The smallest absolute Gasteiger partial charge is 0.271 e. The largest absolute Gasteiger partial charge is 0.279 e. The molecule has 1 amide bonds. The summed E-state index contributed by atoms with van der Waals surface area (Å²) in [5, 5.41) is 6.69. The number of aryl methyl sites for hydroxylation is 1. The summed E-state index contributed by atoms with van der Waals surface area (Å²) in [5.74, 6) is -0.404. The van der Waals surface area contributed by atoms with E-state index in [1.54, 1.807) is 23.9 Å². The molecule has 9 heteroatoms. The number of rotatable bonds is 6. The van der Waals surface area contributed by atoms with Crippen molar-refractivity contribution in [1.29, 1.82) is 0 Å². The first-order chi connectivity index (χ1) is 14.9. The van der Waals surface area contributed by atoms with Gasteiger partial charge in [0.05, 0.1) is 11.7 Å². The number of fused-ring (bicyclic) bond motifs is 1. The van der Waals surface area contributed by atoms with Crippen LogP contribution in [0.3, 0.4) is 0 Å². The van der Waals surface area contributed by atoms with E-state index in [1.165, 1.54) is 30.3 Å². The van der Waals surface area contributed by atoms with Crippen LogP contribution in [0.15, 0.2) is 81.6 Å². The highest BCUT2D eigenvalue weighted by Crippen LogP contribution is 2.21. The van der Waals surface area contributed by atoms with Gasteiger partial charge in [-0.05, 0) is 54.3 Å². The minimum absolute atomic E-state index is 0.225. The van der Waals surface area contributed by atoms with E-state index in [2.05, 4.69) is 20.2 Å². The monoisotopic (exact) mass is 450 g/mol. The normalized spacial score (nSPS) is 11.6. The molecule has 0 unspecified atom stereocenters. The van der Waals surface area contributed by atoms with Gasteiger partial charge in [0.25, 0.3) is 15.9 Å². The van der Waals surface area contributed by atoms with Gasteiger partial charge >= 0.3 is 0 Å². The van der Waals surface area contributed by atoms with E-state index in [0.29, 0.717) is 11.3 Å². The van der Waals surface area contributed by atoms with Crippen LogP contribution >= 0.6 is 11.3 Å². The molecule has 0 aliphatic heterocycles. The number of hydrazone groups is 1. The van der Waals surface area contributed by atoms with Gasteiger partial charge in [0.2, 0.25) is 0 Å². The molecule has 156 valence electrons. The molecule has 4 rings (SSSR count). The predicted molar refractivity (Wildman–Crippen MR) is 123 cm³/mol. The topological polar surface area (TPSA) is 101 Å². The first-order valence-electron chi connectivity index (χ1n) is 9.28. The van der Waals surface area contributed by atoms with Crippen LogP contribution in [0.5, 0.6) is 0 Å². The number of aromatic nitrogens is 1. The molecule has 2 aromatic heterocycles. The van der Waals surface area contributed by atoms with Gasteiger partial charge in [0.15, 0.2) is 0 Å². The van der Waals surface area contributed by atoms with Crippen LogP contribution in [0, 0.1) is 6.92 Å². The molecule has 2 aromatic carbocycles. The van der Waals surface area contributed by atoms with Crippen LogP contribution in [0.25, 0.3) is 10.9 Å². The Morgan fingerprint density at radius 2 is 1.87 bits per heavy atom. The maximum Gasteiger partial charge on any atom is 0.271 e. The quantitative estimate of drug-likeness (QED) is 0.340. The van der Waals surface area contributed by atoms with Crippen molar-refractivity contribution < 1.29 is 13.2 Å². The van der Waals surface area contributed by atoms with E-state index < -0.39 is 15.9 Å². The lowest BCUT2D eigenvalue weighted by Crippen LogP contribution is -2.18. The van der Waals surface area contributed by atoms with E-state index in [4.69, 9.17) is 0 Å². The average Bonchev–Trinajstić information content (AvgIpc) is 3.32. The number of anilines is 1. The highest BCUT2D eigenvalue weighted by atomic mass is 32.2. The zero-order valence-electron chi connectivity index (χ0n) is 16.4. The molecule has 2 heterocycles. The summed E-state index contributed by atoms with van der Waals surface area (Å²) in [7, 11) is -3.63. The number of amides is 1. The van der Waals surface area contributed by atoms with E-state index >= 15 is 0 Å². The van der Waals surface area contributed by atoms with Crippen LogP contribution in [0.4, 0.5) is 5.69 Å². The molecular formula is C22H18N4O3S2. The predicted octanol–water partition coefficient (Wildman–Crippen LogP) is 4.17. The number of carbonyl (C=O) groups excluding carboxylic acids is 1. The molecule has 0 fully saturated rings. The van der Waals surface area contributed by atoms with Crippen LogP contribution < -0.4 is 10.1 Å². The number of nitrogens with one attached hydrogen (secondary N) is 2. The standard InChI is InChI=1S/C22H18N4O3S2/c1-15-6-7-17(19-4-2-12-23-21(15)19)14-24-25-22(27)16-8-10-18(11-9-16)26-31(28,29)20-5-3-13-30-20/h2-14,26H,1H3,(H,25,27)/b24-14+. The number of hydrogen-bond acceptors (Lipinski definition) is 6. The van der Waals surface area contributed by atoms with Gasteiger partial charge in [-0.3, -0.25) is 14.5 Å². The zero-order valence-corrected chi connectivity index (χ0v) is 18.1. The fraction of sp³-hybridized carbons (Fsp3) is 0.0455. The third kappa shape index (κ3) is 4.62. The van der Waals surface area contributed by atoms with Crippen LogP contribution in [0.2, 0.25) is 0 Å². The Morgan fingerprint density at radius 1 is 1.06 bits per heavy atom. The number of carbonyl (C=O) groups is 1. The fourth-order valence-corrected chi connectivity index (χ4v) is 5.04. The third-order valence-electron chi connectivity index (χ3n) is 4.53. The van der Waals surface area contributed by atoms with E-state index in [9.17, 15) is 13.2 Å². The molecule has 7 nitrogen and oxygen atoms in total. The maximum atomic E-state index is 12.4. The van der Waals surface area contributed by atoms with Crippen molar-refractivity contribution in [3.63, 3.8) is 0 Å².